The standard InChI is InChI=1S/C12H16Br2O2S/c1-17(15,16)7-6-11(9-13)8-10-2-4-12(14)5-3-10/h2-5,11H,6-9H2,1H3. The molecule has 96 valence electrons. The Kier molecular flexibility index (Phi) is 6.17. The average molecular weight is 384 g/mol. The van der Waals surface area contributed by atoms with Crippen LogP contribution in [0.4, 0.5) is 0 Å². The van der Waals surface area contributed by atoms with Crippen molar-refractivity contribution in [3.63, 3.8) is 0 Å². The average Bonchev–Trinajstić information content (AvgIpc) is 2.25. The van der Waals surface area contributed by atoms with Crippen molar-refractivity contribution in [2.45, 2.75) is 12.8 Å². The highest BCUT2D eigenvalue weighted by Crippen LogP contribution is 2.18. The van der Waals surface area contributed by atoms with Crippen molar-refractivity contribution < 1.29 is 8.42 Å². The van der Waals surface area contributed by atoms with Gasteiger partial charge in [-0.15, -0.1) is 0 Å². The van der Waals surface area contributed by atoms with Crippen molar-refractivity contribution in [3.8, 4) is 0 Å². The zero-order valence-electron chi connectivity index (χ0n) is 9.70. The number of hydrogen-bond donors (Lipinski definition) is 0. The van der Waals surface area contributed by atoms with E-state index in [0.717, 1.165) is 16.2 Å². The van der Waals surface area contributed by atoms with Gasteiger partial charge in [0.05, 0.1) is 5.75 Å². The summed E-state index contributed by atoms with van der Waals surface area (Å²) >= 11 is 6.85. The van der Waals surface area contributed by atoms with Crippen molar-refractivity contribution in [2.75, 3.05) is 17.3 Å². The Morgan fingerprint density at radius 1 is 1.24 bits per heavy atom. The van der Waals surface area contributed by atoms with Gasteiger partial charge in [0.1, 0.15) is 9.84 Å². The molecule has 0 spiro atoms. The van der Waals surface area contributed by atoms with Crippen LogP contribution in [0.1, 0.15) is 12.0 Å². The summed E-state index contributed by atoms with van der Waals surface area (Å²) in [5.41, 5.74) is 1.24. The number of rotatable bonds is 6. The second-order valence-corrected chi connectivity index (χ2v) is 8.09. The molecule has 0 fully saturated rings. The molecule has 0 heterocycles. The van der Waals surface area contributed by atoms with Crippen LogP contribution in [0.25, 0.3) is 0 Å². The minimum Gasteiger partial charge on any atom is -0.229 e. The molecule has 0 radical (unpaired) electrons. The molecule has 2 nitrogen and oxygen atoms in total. The molecule has 1 aromatic rings. The van der Waals surface area contributed by atoms with E-state index in [2.05, 4.69) is 44.0 Å². The quantitative estimate of drug-likeness (QED) is 0.705. The molecule has 1 aromatic carbocycles. The third kappa shape index (κ3) is 6.58. The molecule has 0 aliphatic heterocycles. The summed E-state index contributed by atoms with van der Waals surface area (Å²) in [5, 5.41) is 0.832. The number of halogens is 2. The first-order valence-corrected chi connectivity index (χ1v) is 9.36. The Balaban J connectivity index is 2.55. The molecule has 1 atom stereocenters. The topological polar surface area (TPSA) is 34.1 Å². The van der Waals surface area contributed by atoms with E-state index in [0.29, 0.717) is 12.3 Å². The lowest BCUT2D eigenvalue weighted by atomic mass is 9.99. The first-order chi connectivity index (χ1) is 7.90. The molecule has 0 saturated heterocycles. The third-order valence-corrected chi connectivity index (χ3v) is 4.97. The molecule has 0 saturated carbocycles. The Hall–Kier alpha value is 0.130. The summed E-state index contributed by atoms with van der Waals surface area (Å²) in [4.78, 5) is 0. The lowest BCUT2D eigenvalue weighted by Gasteiger charge is -2.13. The van der Waals surface area contributed by atoms with Gasteiger partial charge < -0.3 is 0 Å². The number of sulfone groups is 1. The van der Waals surface area contributed by atoms with E-state index in [1.165, 1.54) is 11.8 Å². The SMILES string of the molecule is CS(=O)(=O)CCC(CBr)Cc1ccc(Br)cc1. The van der Waals surface area contributed by atoms with Gasteiger partial charge in [-0.1, -0.05) is 44.0 Å². The van der Waals surface area contributed by atoms with E-state index in [1.54, 1.807) is 0 Å². The molecule has 0 aliphatic rings. The molecule has 0 aromatic heterocycles. The largest absolute Gasteiger partial charge is 0.229 e. The van der Waals surface area contributed by atoms with Crippen molar-refractivity contribution in [2.24, 2.45) is 5.92 Å². The molecule has 0 bridgehead atoms. The van der Waals surface area contributed by atoms with Crippen LogP contribution in [0.15, 0.2) is 28.7 Å². The van der Waals surface area contributed by atoms with Gasteiger partial charge in [0.25, 0.3) is 0 Å². The van der Waals surface area contributed by atoms with Crippen LogP contribution >= 0.6 is 31.9 Å². The number of alkyl halides is 1. The lowest BCUT2D eigenvalue weighted by molar-refractivity contribution is 0.555. The van der Waals surface area contributed by atoms with E-state index >= 15 is 0 Å². The van der Waals surface area contributed by atoms with E-state index < -0.39 is 9.84 Å². The molecular weight excluding hydrogens is 368 g/mol. The minimum atomic E-state index is -2.86. The van der Waals surface area contributed by atoms with Gasteiger partial charge in [-0.05, 0) is 36.5 Å². The summed E-state index contributed by atoms with van der Waals surface area (Å²) in [5.74, 6) is 0.630. The molecular formula is C12H16Br2O2S. The van der Waals surface area contributed by atoms with Crippen molar-refractivity contribution in [1.82, 2.24) is 0 Å². The van der Waals surface area contributed by atoms with Crippen LogP contribution in [0.5, 0.6) is 0 Å². The van der Waals surface area contributed by atoms with Gasteiger partial charge in [-0.25, -0.2) is 8.42 Å². The summed E-state index contributed by atoms with van der Waals surface area (Å²) in [6.07, 6.45) is 2.91. The van der Waals surface area contributed by atoms with Gasteiger partial charge in [-0.2, -0.15) is 0 Å². The fourth-order valence-electron chi connectivity index (χ4n) is 1.57. The van der Waals surface area contributed by atoms with Crippen LogP contribution in [0.2, 0.25) is 0 Å². The highest BCUT2D eigenvalue weighted by molar-refractivity contribution is 9.10. The summed E-state index contributed by atoms with van der Waals surface area (Å²) in [7, 11) is -2.86. The number of benzene rings is 1. The Bertz CT molecular complexity index is 440. The fraction of sp³-hybridized carbons (Fsp3) is 0.500. The smallest absolute Gasteiger partial charge is 0.147 e. The van der Waals surface area contributed by atoms with E-state index in [-0.39, 0.29) is 5.75 Å². The first kappa shape index (κ1) is 15.2. The van der Waals surface area contributed by atoms with Crippen molar-refractivity contribution in [3.05, 3.63) is 34.3 Å². The Morgan fingerprint density at radius 2 is 1.82 bits per heavy atom. The van der Waals surface area contributed by atoms with Gasteiger partial charge >= 0.3 is 0 Å². The second-order valence-electron chi connectivity index (χ2n) is 4.27. The summed E-state index contributed by atoms with van der Waals surface area (Å²) in [6.45, 7) is 0. The van der Waals surface area contributed by atoms with Gasteiger partial charge in [0.2, 0.25) is 0 Å². The predicted molar refractivity (Wildman–Crippen MR) is 79.5 cm³/mol. The highest BCUT2D eigenvalue weighted by Gasteiger charge is 2.12. The molecule has 17 heavy (non-hydrogen) atoms. The fourth-order valence-corrected chi connectivity index (χ4v) is 3.15. The molecule has 0 N–H and O–H groups in total. The maximum absolute atomic E-state index is 11.1. The molecule has 5 heteroatoms. The number of hydrogen-bond acceptors (Lipinski definition) is 2. The van der Waals surface area contributed by atoms with Crippen LogP contribution < -0.4 is 0 Å². The molecule has 1 rings (SSSR count). The predicted octanol–water partition coefficient (Wildman–Crippen LogP) is 3.44. The van der Waals surface area contributed by atoms with Crippen LogP contribution in [-0.2, 0) is 16.3 Å². The van der Waals surface area contributed by atoms with Gasteiger partial charge in [-0.3, -0.25) is 0 Å². The van der Waals surface area contributed by atoms with Crippen LogP contribution in [0, 0.1) is 5.92 Å². The van der Waals surface area contributed by atoms with Crippen LogP contribution in [0.3, 0.4) is 0 Å². The van der Waals surface area contributed by atoms with Crippen molar-refractivity contribution in [1.29, 1.82) is 0 Å². The molecule has 1 unspecified atom stereocenters. The maximum Gasteiger partial charge on any atom is 0.147 e. The molecule has 0 aliphatic carbocycles. The second kappa shape index (κ2) is 6.90. The van der Waals surface area contributed by atoms with E-state index in [9.17, 15) is 8.42 Å². The summed E-state index contributed by atoms with van der Waals surface area (Å²) < 4.78 is 23.3. The highest BCUT2D eigenvalue weighted by atomic mass is 79.9. The normalized spacial score (nSPS) is 13.6. The first-order valence-electron chi connectivity index (χ1n) is 5.39. The van der Waals surface area contributed by atoms with E-state index in [4.69, 9.17) is 0 Å². The van der Waals surface area contributed by atoms with Gasteiger partial charge in [0.15, 0.2) is 0 Å². The monoisotopic (exact) mass is 382 g/mol. The summed E-state index contributed by atoms with van der Waals surface area (Å²) in [6, 6.07) is 8.16. The maximum atomic E-state index is 11.1. The Labute approximate surface area is 120 Å². The zero-order valence-corrected chi connectivity index (χ0v) is 13.7. The van der Waals surface area contributed by atoms with Crippen LogP contribution in [-0.4, -0.2) is 25.8 Å². The van der Waals surface area contributed by atoms with Crippen molar-refractivity contribution >= 4 is 41.7 Å². The lowest BCUT2D eigenvalue weighted by Crippen LogP contribution is -2.13. The minimum absolute atomic E-state index is 0.264. The van der Waals surface area contributed by atoms with Gasteiger partial charge in [0, 0.05) is 16.1 Å². The zero-order chi connectivity index (χ0) is 12.9. The Morgan fingerprint density at radius 3 is 2.29 bits per heavy atom. The molecule has 0 amide bonds. The third-order valence-electron chi connectivity index (χ3n) is 2.55. The van der Waals surface area contributed by atoms with E-state index in [1.807, 2.05) is 12.1 Å².